The number of methoxy groups -OCH3 is 2. The van der Waals surface area contributed by atoms with E-state index in [2.05, 4.69) is 5.32 Å². The van der Waals surface area contributed by atoms with Crippen LogP contribution in [0.4, 0.5) is 15.3 Å². The van der Waals surface area contributed by atoms with Crippen molar-refractivity contribution in [3.05, 3.63) is 18.2 Å². The number of carbonyl (C=O) groups excluding carboxylic acids is 2. The van der Waals surface area contributed by atoms with Crippen molar-refractivity contribution in [3.63, 3.8) is 0 Å². The Balaban J connectivity index is 1.89. The molecule has 1 heterocycles. The first-order valence-electron chi connectivity index (χ1n) is 8.49. The number of benzene rings is 1. The van der Waals surface area contributed by atoms with Crippen LogP contribution in [0.25, 0.3) is 0 Å². The summed E-state index contributed by atoms with van der Waals surface area (Å²) in [4.78, 5) is 27.8. The van der Waals surface area contributed by atoms with Crippen LogP contribution in [0.3, 0.4) is 0 Å². The van der Waals surface area contributed by atoms with E-state index in [4.69, 9.17) is 14.2 Å². The minimum Gasteiger partial charge on any atom is -0.493 e. The van der Waals surface area contributed by atoms with Crippen molar-refractivity contribution in [3.8, 4) is 11.5 Å². The number of ether oxygens (including phenoxy) is 3. The van der Waals surface area contributed by atoms with E-state index in [9.17, 15) is 9.59 Å². The van der Waals surface area contributed by atoms with E-state index in [1.54, 1.807) is 42.2 Å². The molecular weight excluding hydrogens is 338 g/mol. The van der Waals surface area contributed by atoms with Crippen LogP contribution in [0.5, 0.6) is 11.5 Å². The molecule has 0 atom stereocenters. The van der Waals surface area contributed by atoms with Crippen molar-refractivity contribution in [2.24, 2.45) is 0 Å². The quantitative estimate of drug-likeness (QED) is 0.891. The van der Waals surface area contributed by atoms with Gasteiger partial charge in [-0.1, -0.05) is 0 Å². The summed E-state index contributed by atoms with van der Waals surface area (Å²) in [6.07, 6.45) is -0.350. The fourth-order valence-electron chi connectivity index (χ4n) is 2.54. The molecule has 144 valence electrons. The van der Waals surface area contributed by atoms with Gasteiger partial charge in [0.05, 0.1) is 14.2 Å². The molecule has 1 aliphatic rings. The van der Waals surface area contributed by atoms with Gasteiger partial charge in [0.15, 0.2) is 11.5 Å². The molecule has 8 heteroatoms. The lowest BCUT2D eigenvalue weighted by Crippen LogP contribution is -2.52. The van der Waals surface area contributed by atoms with Crippen LogP contribution in [0.15, 0.2) is 18.2 Å². The third-order valence-corrected chi connectivity index (χ3v) is 3.85. The van der Waals surface area contributed by atoms with Crippen molar-refractivity contribution in [2.45, 2.75) is 26.4 Å². The first kappa shape index (κ1) is 19.7. The van der Waals surface area contributed by atoms with E-state index in [-0.39, 0.29) is 12.1 Å². The van der Waals surface area contributed by atoms with Gasteiger partial charge >= 0.3 is 12.1 Å². The summed E-state index contributed by atoms with van der Waals surface area (Å²) >= 11 is 0. The summed E-state index contributed by atoms with van der Waals surface area (Å²) < 4.78 is 15.8. The van der Waals surface area contributed by atoms with E-state index in [0.717, 1.165) is 0 Å². The van der Waals surface area contributed by atoms with Gasteiger partial charge in [-0.2, -0.15) is 0 Å². The molecule has 1 aromatic carbocycles. The Morgan fingerprint density at radius 3 is 2.08 bits per heavy atom. The molecule has 1 fully saturated rings. The van der Waals surface area contributed by atoms with Crippen LogP contribution in [0.1, 0.15) is 20.8 Å². The Morgan fingerprint density at radius 2 is 1.54 bits per heavy atom. The highest BCUT2D eigenvalue weighted by atomic mass is 16.6. The van der Waals surface area contributed by atoms with E-state index in [0.29, 0.717) is 43.4 Å². The highest BCUT2D eigenvalue weighted by Crippen LogP contribution is 2.29. The lowest BCUT2D eigenvalue weighted by Gasteiger charge is -2.35. The Labute approximate surface area is 154 Å². The lowest BCUT2D eigenvalue weighted by atomic mass is 10.2. The summed E-state index contributed by atoms with van der Waals surface area (Å²) in [6.45, 7) is 7.26. The molecule has 0 spiro atoms. The monoisotopic (exact) mass is 365 g/mol. The number of hydrogen-bond donors (Lipinski definition) is 1. The predicted octanol–water partition coefficient (Wildman–Crippen LogP) is 2.79. The lowest BCUT2D eigenvalue weighted by molar-refractivity contribution is 0.0174. The van der Waals surface area contributed by atoms with Gasteiger partial charge in [-0.3, -0.25) is 0 Å². The minimum absolute atomic E-state index is 0.221. The number of nitrogens with one attached hydrogen (secondary N) is 1. The molecule has 0 bridgehead atoms. The predicted molar refractivity (Wildman–Crippen MR) is 97.9 cm³/mol. The maximum absolute atomic E-state index is 12.4. The highest BCUT2D eigenvalue weighted by Gasteiger charge is 2.27. The summed E-state index contributed by atoms with van der Waals surface area (Å²) in [7, 11) is 3.10. The van der Waals surface area contributed by atoms with Crippen LogP contribution >= 0.6 is 0 Å². The number of piperazine rings is 1. The van der Waals surface area contributed by atoms with Gasteiger partial charge in [0.1, 0.15) is 5.60 Å². The fourth-order valence-corrected chi connectivity index (χ4v) is 2.54. The number of rotatable bonds is 3. The van der Waals surface area contributed by atoms with Gasteiger partial charge < -0.3 is 29.3 Å². The fraction of sp³-hybridized carbons (Fsp3) is 0.556. The Hall–Kier alpha value is -2.64. The minimum atomic E-state index is -0.529. The molecule has 3 amide bonds. The molecule has 1 aliphatic heterocycles. The topological polar surface area (TPSA) is 80.3 Å². The molecular formula is C18H27N3O5. The molecule has 1 saturated heterocycles. The van der Waals surface area contributed by atoms with Crippen molar-refractivity contribution in [1.82, 2.24) is 9.80 Å². The number of amides is 3. The van der Waals surface area contributed by atoms with Gasteiger partial charge in [-0.05, 0) is 32.9 Å². The third kappa shape index (κ3) is 5.18. The maximum Gasteiger partial charge on any atom is 0.410 e. The number of urea groups is 1. The van der Waals surface area contributed by atoms with Gasteiger partial charge in [0.2, 0.25) is 0 Å². The number of carbonyl (C=O) groups is 2. The first-order valence-corrected chi connectivity index (χ1v) is 8.49. The average molecular weight is 365 g/mol. The largest absolute Gasteiger partial charge is 0.493 e. The SMILES string of the molecule is COc1ccc(NC(=O)N2CCN(C(=O)OC(C)(C)C)CC2)cc1OC. The molecule has 0 aliphatic carbocycles. The first-order chi connectivity index (χ1) is 12.2. The van der Waals surface area contributed by atoms with Crippen molar-refractivity contribution >= 4 is 17.8 Å². The van der Waals surface area contributed by atoms with E-state index in [1.807, 2.05) is 20.8 Å². The van der Waals surface area contributed by atoms with Crippen molar-refractivity contribution in [1.29, 1.82) is 0 Å². The van der Waals surface area contributed by atoms with Crippen LogP contribution in [0.2, 0.25) is 0 Å². The van der Waals surface area contributed by atoms with Crippen LogP contribution in [-0.4, -0.2) is 67.9 Å². The van der Waals surface area contributed by atoms with Crippen LogP contribution < -0.4 is 14.8 Å². The van der Waals surface area contributed by atoms with Crippen LogP contribution in [0, 0.1) is 0 Å². The molecule has 1 N–H and O–H groups in total. The van der Waals surface area contributed by atoms with E-state index in [1.165, 1.54) is 0 Å². The smallest absolute Gasteiger partial charge is 0.410 e. The summed E-state index contributed by atoms with van der Waals surface area (Å²) in [5.74, 6) is 1.14. The third-order valence-electron chi connectivity index (χ3n) is 3.85. The maximum atomic E-state index is 12.4. The van der Waals surface area contributed by atoms with E-state index >= 15 is 0 Å². The zero-order chi connectivity index (χ0) is 19.3. The molecule has 0 unspecified atom stereocenters. The van der Waals surface area contributed by atoms with Gasteiger partial charge in [0, 0.05) is 37.9 Å². The van der Waals surface area contributed by atoms with Gasteiger partial charge in [0.25, 0.3) is 0 Å². The molecule has 0 saturated carbocycles. The molecule has 0 radical (unpaired) electrons. The van der Waals surface area contributed by atoms with Gasteiger partial charge in [-0.15, -0.1) is 0 Å². The number of anilines is 1. The van der Waals surface area contributed by atoms with Crippen molar-refractivity contribution in [2.75, 3.05) is 45.7 Å². The van der Waals surface area contributed by atoms with Crippen LogP contribution in [-0.2, 0) is 4.74 Å². The second-order valence-electron chi connectivity index (χ2n) is 6.95. The average Bonchev–Trinajstić information content (AvgIpc) is 2.60. The second-order valence-corrected chi connectivity index (χ2v) is 6.95. The molecule has 2 rings (SSSR count). The molecule has 0 aromatic heterocycles. The number of nitrogens with zero attached hydrogens (tertiary/aromatic N) is 2. The summed E-state index contributed by atoms with van der Waals surface area (Å²) in [5.41, 5.74) is 0.0844. The van der Waals surface area contributed by atoms with E-state index < -0.39 is 5.60 Å². The van der Waals surface area contributed by atoms with Gasteiger partial charge in [-0.25, -0.2) is 9.59 Å². The second kappa shape index (κ2) is 8.16. The molecule has 1 aromatic rings. The number of hydrogen-bond acceptors (Lipinski definition) is 5. The normalized spacial score (nSPS) is 14.7. The Morgan fingerprint density at radius 1 is 0.962 bits per heavy atom. The zero-order valence-electron chi connectivity index (χ0n) is 16.0. The van der Waals surface area contributed by atoms with Crippen molar-refractivity contribution < 1.29 is 23.8 Å². The molecule has 8 nitrogen and oxygen atoms in total. The highest BCUT2D eigenvalue weighted by molar-refractivity contribution is 5.90. The standard InChI is InChI=1S/C18H27N3O5/c1-18(2,3)26-17(23)21-10-8-20(9-11-21)16(22)19-13-6-7-14(24-4)15(12-13)25-5/h6-7,12H,8-11H2,1-5H3,(H,19,22). The summed E-state index contributed by atoms with van der Waals surface area (Å²) in [5, 5.41) is 2.84. The zero-order valence-corrected chi connectivity index (χ0v) is 16.0. The summed E-state index contributed by atoms with van der Waals surface area (Å²) in [6, 6.07) is 4.96. The Bertz CT molecular complexity index is 649. The Kier molecular flexibility index (Phi) is 6.18. The molecule has 26 heavy (non-hydrogen) atoms.